The van der Waals surface area contributed by atoms with Crippen LogP contribution in [0.3, 0.4) is 0 Å². The molecule has 0 heterocycles. The number of nitrogens with one attached hydrogen (secondary N) is 1. The molecule has 0 fully saturated rings. The Labute approximate surface area is 118 Å². The van der Waals surface area contributed by atoms with Crippen molar-refractivity contribution >= 4 is 17.7 Å². The minimum absolute atomic E-state index is 0.110. The first-order valence-electron chi connectivity index (χ1n) is 6.51. The van der Waals surface area contributed by atoms with Gasteiger partial charge in [0.05, 0.1) is 12.2 Å². The number of carboxylic acid groups (broad SMARTS) is 1. The van der Waals surface area contributed by atoms with Crippen molar-refractivity contribution in [1.82, 2.24) is 4.90 Å². The highest BCUT2D eigenvalue weighted by Crippen LogP contribution is 2.19. The minimum Gasteiger partial charge on any atom is -0.478 e. The second-order valence-electron chi connectivity index (χ2n) is 4.42. The largest absolute Gasteiger partial charge is 0.478 e. The Balaban J connectivity index is 2.89. The van der Waals surface area contributed by atoms with Crippen LogP contribution in [0.25, 0.3) is 0 Å². The summed E-state index contributed by atoms with van der Waals surface area (Å²) in [7, 11) is 0. The van der Waals surface area contributed by atoms with E-state index in [9.17, 15) is 9.59 Å². The van der Waals surface area contributed by atoms with Crippen LogP contribution in [0, 0.1) is 6.92 Å². The average Bonchev–Trinajstić information content (AvgIpc) is 2.40. The van der Waals surface area contributed by atoms with E-state index in [4.69, 9.17) is 10.2 Å². The highest BCUT2D eigenvalue weighted by Gasteiger charge is 2.15. The first-order valence-corrected chi connectivity index (χ1v) is 6.51. The maximum atomic E-state index is 12.1. The van der Waals surface area contributed by atoms with Gasteiger partial charge in [-0.15, -0.1) is 0 Å². The Morgan fingerprint density at radius 3 is 2.55 bits per heavy atom. The molecule has 0 aliphatic heterocycles. The van der Waals surface area contributed by atoms with Crippen LogP contribution >= 0.6 is 0 Å². The zero-order chi connectivity index (χ0) is 15.1. The number of carbonyl (C=O) groups excluding carboxylic acids is 1. The summed E-state index contributed by atoms with van der Waals surface area (Å²) in [6, 6.07) is 4.39. The van der Waals surface area contributed by atoms with E-state index in [1.807, 2.05) is 6.92 Å². The van der Waals surface area contributed by atoms with E-state index in [0.717, 1.165) is 6.42 Å². The van der Waals surface area contributed by atoms with E-state index < -0.39 is 5.97 Å². The van der Waals surface area contributed by atoms with Gasteiger partial charge in [-0.2, -0.15) is 0 Å². The molecule has 20 heavy (non-hydrogen) atoms. The first-order chi connectivity index (χ1) is 9.51. The Hall–Kier alpha value is -2.08. The van der Waals surface area contributed by atoms with Gasteiger partial charge in [0.25, 0.3) is 0 Å². The van der Waals surface area contributed by atoms with E-state index in [1.165, 1.54) is 11.0 Å². The number of benzene rings is 1. The fourth-order valence-electron chi connectivity index (χ4n) is 1.90. The summed E-state index contributed by atoms with van der Waals surface area (Å²) in [5.41, 5.74) is 1.13. The number of nitrogens with zero attached hydrogens (tertiary/aromatic N) is 1. The number of hydrogen-bond acceptors (Lipinski definition) is 3. The fourth-order valence-corrected chi connectivity index (χ4v) is 1.90. The maximum absolute atomic E-state index is 12.1. The SMILES string of the molecule is CCCN(CCO)C(=O)Nc1cccc(C(=O)O)c1C. The van der Waals surface area contributed by atoms with Crippen LogP contribution in [0.5, 0.6) is 0 Å². The van der Waals surface area contributed by atoms with Gasteiger partial charge in [-0.3, -0.25) is 0 Å². The van der Waals surface area contributed by atoms with Crippen molar-refractivity contribution in [2.24, 2.45) is 0 Å². The van der Waals surface area contributed by atoms with Gasteiger partial charge < -0.3 is 20.4 Å². The summed E-state index contributed by atoms with van der Waals surface area (Å²) in [6.45, 7) is 4.26. The third-order valence-electron chi connectivity index (χ3n) is 2.96. The van der Waals surface area contributed by atoms with Gasteiger partial charge in [-0.1, -0.05) is 13.0 Å². The molecule has 1 aromatic rings. The Kier molecular flexibility index (Phi) is 5.99. The topological polar surface area (TPSA) is 89.9 Å². The molecule has 110 valence electrons. The lowest BCUT2D eigenvalue weighted by molar-refractivity contribution is 0.0696. The Morgan fingerprint density at radius 1 is 1.30 bits per heavy atom. The van der Waals surface area contributed by atoms with Crippen LogP contribution < -0.4 is 5.32 Å². The highest BCUT2D eigenvalue weighted by atomic mass is 16.4. The molecule has 0 atom stereocenters. The summed E-state index contributed by atoms with van der Waals surface area (Å²) in [6.07, 6.45) is 0.779. The van der Waals surface area contributed by atoms with E-state index in [-0.39, 0.29) is 24.7 Å². The van der Waals surface area contributed by atoms with Crippen LogP contribution in [0.1, 0.15) is 29.3 Å². The lowest BCUT2D eigenvalue weighted by Gasteiger charge is -2.22. The molecule has 2 amide bonds. The maximum Gasteiger partial charge on any atom is 0.336 e. The predicted molar refractivity (Wildman–Crippen MR) is 76.1 cm³/mol. The Morgan fingerprint density at radius 2 is 2.00 bits per heavy atom. The molecule has 3 N–H and O–H groups in total. The molecule has 1 aromatic carbocycles. The highest BCUT2D eigenvalue weighted by molar-refractivity contribution is 5.95. The molecule has 0 saturated carbocycles. The number of carbonyl (C=O) groups is 2. The summed E-state index contributed by atoms with van der Waals surface area (Å²) < 4.78 is 0. The lowest BCUT2D eigenvalue weighted by atomic mass is 10.1. The van der Waals surface area contributed by atoms with Gasteiger partial charge >= 0.3 is 12.0 Å². The monoisotopic (exact) mass is 280 g/mol. The van der Waals surface area contributed by atoms with Crippen molar-refractivity contribution in [3.63, 3.8) is 0 Å². The average molecular weight is 280 g/mol. The van der Waals surface area contributed by atoms with Gasteiger partial charge in [0.15, 0.2) is 0 Å². The Bertz CT molecular complexity index is 482. The first kappa shape index (κ1) is 16.0. The smallest absolute Gasteiger partial charge is 0.336 e. The number of urea groups is 1. The summed E-state index contributed by atoms with van der Waals surface area (Å²) in [5, 5.41) is 20.7. The van der Waals surface area contributed by atoms with Gasteiger partial charge in [0, 0.05) is 18.8 Å². The van der Waals surface area contributed by atoms with Crippen molar-refractivity contribution in [1.29, 1.82) is 0 Å². The number of anilines is 1. The standard InChI is InChI=1S/C14H20N2O4/c1-3-7-16(8-9-17)14(20)15-12-6-4-5-11(10(12)2)13(18)19/h4-6,17H,3,7-9H2,1-2H3,(H,15,20)(H,18,19). The molecule has 0 radical (unpaired) electrons. The van der Waals surface area contributed by atoms with Gasteiger partial charge in [-0.05, 0) is 31.0 Å². The molecule has 1 rings (SSSR count). The quantitative estimate of drug-likeness (QED) is 0.742. The van der Waals surface area contributed by atoms with Crippen LogP contribution in [0.2, 0.25) is 0 Å². The number of hydrogen-bond donors (Lipinski definition) is 3. The summed E-state index contributed by atoms with van der Waals surface area (Å²) >= 11 is 0. The molecule has 0 aliphatic rings. The van der Waals surface area contributed by atoms with E-state index >= 15 is 0 Å². The summed E-state index contributed by atoms with van der Waals surface area (Å²) in [5.74, 6) is -1.03. The van der Waals surface area contributed by atoms with E-state index in [1.54, 1.807) is 19.1 Å². The van der Waals surface area contributed by atoms with Crippen molar-refractivity contribution in [3.05, 3.63) is 29.3 Å². The fraction of sp³-hybridized carbons (Fsp3) is 0.429. The van der Waals surface area contributed by atoms with Gasteiger partial charge in [-0.25, -0.2) is 9.59 Å². The van der Waals surface area contributed by atoms with Gasteiger partial charge in [0.1, 0.15) is 0 Å². The molecule has 0 unspecified atom stereocenters. The van der Waals surface area contributed by atoms with Crippen LogP contribution in [0.4, 0.5) is 10.5 Å². The molecule has 0 saturated heterocycles. The molecule has 0 aliphatic carbocycles. The zero-order valence-corrected chi connectivity index (χ0v) is 11.7. The number of carboxylic acids is 1. The number of amides is 2. The molecular formula is C14H20N2O4. The van der Waals surface area contributed by atoms with Crippen LogP contribution in [-0.4, -0.2) is 46.8 Å². The molecule has 0 aromatic heterocycles. The predicted octanol–water partition coefficient (Wildman–Crippen LogP) is 1.93. The lowest BCUT2D eigenvalue weighted by Crippen LogP contribution is -2.37. The van der Waals surface area contributed by atoms with Crippen LogP contribution in [-0.2, 0) is 0 Å². The molecule has 6 nitrogen and oxygen atoms in total. The minimum atomic E-state index is -1.03. The normalized spacial score (nSPS) is 10.2. The number of rotatable bonds is 6. The van der Waals surface area contributed by atoms with Crippen molar-refractivity contribution in [3.8, 4) is 0 Å². The molecular weight excluding hydrogens is 260 g/mol. The third kappa shape index (κ3) is 3.96. The van der Waals surface area contributed by atoms with Crippen LogP contribution in [0.15, 0.2) is 18.2 Å². The molecule has 6 heteroatoms. The third-order valence-corrected chi connectivity index (χ3v) is 2.96. The number of aliphatic hydroxyl groups excluding tert-OH is 1. The van der Waals surface area contributed by atoms with Crippen molar-refractivity contribution in [2.75, 3.05) is 25.0 Å². The zero-order valence-electron chi connectivity index (χ0n) is 11.7. The van der Waals surface area contributed by atoms with E-state index in [2.05, 4.69) is 5.32 Å². The van der Waals surface area contributed by atoms with E-state index in [0.29, 0.717) is 17.8 Å². The van der Waals surface area contributed by atoms with Gasteiger partial charge in [0.2, 0.25) is 0 Å². The second-order valence-corrected chi connectivity index (χ2v) is 4.42. The second kappa shape index (κ2) is 7.49. The number of aromatic carboxylic acids is 1. The van der Waals surface area contributed by atoms with Crippen molar-refractivity contribution in [2.45, 2.75) is 20.3 Å². The number of aliphatic hydroxyl groups is 1. The van der Waals surface area contributed by atoms with Crippen molar-refractivity contribution < 1.29 is 19.8 Å². The molecule has 0 spiro atoms. The molecule has 0 bridgehead atoms. The summed E-state index contributed by atoms with van der Waals surface area (Å²) in [4.78, 5) is 24.6.